The summed E-state index contributed by atoms with van der Waals surface area (Å²) < 4.78 is 5.38. The fourth-order valence-electron chi connectivity index (χ4n) is 3.02. The maximum absolute atomic E-state index is 12.3. The second kappa shape index (κ2) is 6.53. The van der Waals surface area contributed by atoms with Crippen molar-refractivity contribution in [2.24, 2.45) is 11.8 Å². The molecular formula is C14H26N2O2. The lowest BCUT2D eigenvalue weighted by Crippen LogP contribution is -2.48. The van der Waals surface area contributed by atoms with Gasteiger partial charge in [-0.25, -0.2) is 0 Å². The van der Waals surface area contributed by atoms with Crippen LogP contribution in [-0.4, -0.2) is 49.7 Å². The van der Waals surface area contributed by atoms with Crippen molar-refractivity contribution in [1.29, 1.82) is 0 Å². The topological polar surface area (TPSA) is 41.6 Å². The van der Waals surface area contributed by atoms with Crippen molar-refractivity contribution >= 4 is 5.91 Å². The molecule has 0 aromatic carbocycles. The lowest BCUT2D eigenvalue weighted by molar-refractivity contribution is -0.140. The highest BCUT2D eigenvalue weighted by Gasteiger charge is 2.27. The minimum Gasteiger partial charge on any atom is -0.377 e. The number of rotatable bonds is 3. The zero-order valence-electron chi connectivity index (χ0n) is 11.7. The van der Waals surface area contributed by atoms with E-state index >= 15 is 0 Å². The number of hydrogen-bond acceptors (Lipinski definition) is 3. The number of morpholine rings is 1. The van der Waals surface area contributed by atoms with Gasteiger partial charge in [0.25, 0.3) is 0 Å². The van der Waals surface area contributed by atoms with E-state index in [9.17, 15) is 4.79 Å². The number of hydrogen-bond donors (Lipinski definition) is 1. The van der Waals surface area contributed by atoms with Crippen LogP contribution in [-0.2, 0) is 9.53 Å². The van der Waals surface area contributed by atoms with Gasteiger partial charge in [-0.2, -0.15) is 0 Å². The average molecular weight is 254 g/mol. The van der Waals surface area contributed by atoms with Crippen molar-refractivity contribution < 1.29 is 9.53 Å². The lowest BCUT2D eigenvalue weighted by Gasteiger charge is -2.35. The van der Waals surface area contributed by atoms with E-state index in [2.05, 4.69) is 19.2 Å². The molecule has 1 amide bonds. The standard InChI is InChI=1S/C14H26N2O2/c1-11(13-4-3-5-15-9-13)8-14(17)16-6-7-18-10-12(16)2/h11-13,15H,3-10H2,1-2H3. The van der Waals surface area contributed by atoms with Crippen LogP contribution in [0.5, 0.6) is 0 Å². The Morgan fingerprint density at radius 3 is 3.06 bits per heavy atom. The number of nitrogens with one attached hydrogen (secondary N) is 1. The largest absolute Gasteiger partial charge is 0.377 e. The molecular weight excluding hydrogens is 228 g/mol. The third-order valence-corrected chi connectivity index (χ3v) is 4.32. The van der Waals surface area contributed by atoms with Gasteiger partial charge >= 0.3 is 0 Å². The van der Waals surface area contributed by atoms with Gasteiger partial charge < -0.3 is 15.0 Å². The Morgan fingerprint density at radius 2 is 2.39 bits per heavy atom. The second-order valence-electron chi connectivity index (χ2n) is 5.80. The van der Waals surface area contributed by atoms with E-state index in [1.165, 1.54) is 12.8 Å². The van der Waals surface area contributed by atoms with Gasteiger partial charge in [-0.3, -0.25) is 4.79 Å². The molecule has 2 fully saturated rings. The Balaban J connectivity index is 1.81. The van der Waals surface area contributed by atoms with Gasteiger partial charge in [0, 0.05) is 13.0 Å². The van der Waals surface area contributed by atoms with Crippen molar-refractivity contribution in [3.8, 4) is 0 Å². The highest BCUT2D eigenvalue weighted by atomic mass is 16.5. The van der Waals surface area contributed by atoms with Crippen molar-refractivity contribution in [3.05, 3.63) is 0 Å². The Kier molecular flexibility index (Phi) is 5.01. The molecule has 1 N–H and O–H groups in total. The quantitative estimate of drug-likeness (QED) is 0.824. The van der Waals surface area contributed by atoms with Crippen LogP contribution in [0.3, 0.4) is 0 Å². The summed E-state index contributed by atoms with van der Waals surface area (Å²) in [5.41, 5.74) is 0. The lowest BCUT2D eigenvalue weighted by atomic mass is 9.85. The van der Waals surface area contributed by atoms with Crippen LogP contribution in [0.25, 0.3) is 0 Å². The number of carbonyl (C=O) groups is 1. The molecule has 4 nitrogen and oxygen atoms in total. The minimum atomic E-state index is 0.239. The third-order valence-electron chi connectivity index (χ3n) is 4.32. The summed E-state index contributed by atoms with van der Waals surface area (Å²) in [4.78, 5) is 14.3. The minimum absolute atomic E-state index is 0.239. The molecule has 3 unspecified atom stereocenters. The van der Waals surface area contributed by atoms with E-state index in [1.807, 2.05) is 4.90 Å². The molecule has 104 valence electrons. The maximum Gasteiger partial charge on any atom is 0.223 e. The first-order valence-corrected chi connectivity index (χ1v) is 7.26. The number of piperidine rings is 1. The Morgan fingerprint density at radius 1 is 1.56 bits per heavy atom. The van der Waals surface area contributed by atoms with Crippen molar-refractivity contribution in [2.75, 3.05) is 32.8 Å². The van der Waals surface area contributed by atoms with Crippen LogP contribution in [0.15, 0.2) is 0 Å². The van der Waals surface area contributed by atoms with Crippen molar-refractivity contribution in [2.45, 2.75) is 39.2 Å². The summed E-state index contributed by atoms with van der Waals surface area (Å²) >= 11 is 0. The monoisotopic (exact) mass is 254 g/mol. The fourth-order valence-corrected chi connectivity index (χ4v) is 3.02. The molecule has 2 saturated heterocycles. The summed E-state index contributed by atoms with van der Waals surface area (Å²) in [7, 11) is 0. The van der Waals surface area contributed by atoms with E-state index in [0.717, 1.165) is 19.6 Å². The first kappa shape index (κ1) is 13.8. The molecule has 0 aromatic heterocycles. The first-order chi connectivity index (χ1) is 8.68. The molecule has 0 saturated carbocycles. The highest BCUT2D eigenvalue weighted by Crippen LogP contribution is 2.23. The van der Waals surface area contributed by atoms with Gasteiger partial charge in [0.05, 0.1) is 19.3 Å². The molecule has 2 heterocycles. The van der Waals surface area contributed by atoms with E-state index in [4.69, 9.17) is 4.74 Å². The molecule has 0 aromatic rings. The highest BCUT2D eigenvalue weighted by molar-refractivity contribution is 5.76. The zero-order chi connectivity index (χ0) is 13.0. The Bertz CT molecular complexity index is 277. The maximum atomic E-state index is 12.3. The molecule has 0 spiro atoms. The Hall–Kier alpha value is -0.610. The van der Waals surface area contributed by atoms with E-state index < -0.39 is 0 Å². The van der Waals surface area contributed by atoms with Crippen molar-refractivity contribution in [3.63, 3.8) is 0 Å². The number of amides is 1. The summed E-state index contributed by atoms with van der Waals surface area (Å²) in [6.07, 6.45) is 3.20. The van der Waals surface area contributed by atoms with Gasteiger partial charge in [0.1, 0.15) is 0 Å². The second-order valence-corrected chi connectivity index (χ2v) is 5.80. The molecule has 0 bridgehead atoms. The average Bonchev–Trinajstić information content (AvgIpc) is 2.40. The van der Waals surface area contributed by atoms with Crippen LogP contribution < -0.4 is 5.32 Å². The van der Waals surface area contributed by atoms with Crippen LogP contribution in [0, 0.1) is 11.8 Å². The van der Waals surface area contributed by atoms with E-state index in [-0.39, 0.29) is 6.04 Å². The van der Waals surface area contributed by atoms with Crippen LogP contribution >= 0.6 is 0 Å². The summed E-state index contributed by atoms with van der Waals surface area (Å²) in [6, 6.07) is 0.239. The first-order valence-electron chi connectivity index (χ1n) is 7.26. The summed E-state index contributed by atoms with van der Waals surface area (Å²) in [6.45, 7) is 8.64. The smallest absolute Gasteiger partial charge is 0.223 e. The number of carbonyl (C=O) groups excluding carboxylic acids is 1. The molecule has 4 heteroatoms. The molecule has 0 aliphatic carbocycles. The third kappa shape index (κ3) is 3.45. The molecule has 18 heavy (non-hydrogen) atoms. The van der Waals surface area contributed by atoms with E-state index in [0.29, 0.717) is 37.4 Å². The SMILES string of the molecule is CC(CC(=O)N1CCOCC1C)C1CCCNC1. The van der Waals surface area contributed by atoms with Gasteiger partial charge in [-0.1, -0.05) is 6.92 Å². The zero-order valence-corrected chi connectivity index (χ0v) is 11.7. The van der Waals surface area contributed by atoms with Crippen LogP contribution in [0.4, 0.5) is 0 Å². The summed E-state index contributed by atoms with van der Waals surface area (Å²) in [5, 5.41) is 3.43. The normalized spacial score (nSPS) is 31.1. The summed E-state index contributed by atoms with van der Waals surface area (Å²) in [5.74, 6) is 1.46. The van der Waals surface area contributed by atoms with Gasteiger partial charge in [-0.05, 0) is 44.7 Å². The van der Waals surface area contributed by atoms with Crippen LogP contribution in [0.1, 0.15) is 33.1 Å². The predicted molar refractivity (Wildman–Crippen MR) is 71.4 cm³/mol. The molecule has 2 aliphatic heterocycles. The fraction of sp³-hybridized carbons (Fsp3) is 0.929. The van der Waals surface area contributed by atoms with E-state index in [1.54, 1.807) is 0 Å². The molecule has 0 radical (unpaired) electrons. The van der Waals surface area contributed by atoms with Gasteiger partial charge in [-0.15, -0.1) is 0 Å². The Labute approximate surface area is 110 Å². The van der Waals surface area contributed by atoms with Crippen molar-refractivity contribution in [1.82, 2.24) is 10.2 Å². The molecule has 3 atom stereocenters. The van der Waals surface area contributed by atoms with Crippen LogP contribution in [0.2, 0.25) is 0 Å². The van der Waals surface area contributed by atoms with Gasteiger partial charge in [0.15, 0.2) is 0 Å². The molecule has 2 rings (SSSR count). The predicted octanol–water partition coefficient (Wildman–Crippen LogP) is 1.26. The van der Waals surface area contributed by atoms with Gasteiger partial charge in [0.2, 0.25) is 5.91 Å². The number of nitrogens with zero attached hydrogens (tertiary/aromatic N) is 1. The molecule has 2 aliphatic rings. The number of ether oxygens (including phenoxy) is 1.